The number of fused-ring (bicyclic) bond motifs is 2. The van der Waals surface area contributed by atoms with Crippen LogP contribution >= 0.6 is 0 Å². The van der Waals surface area contributed by atoms with Gasteiger partial charge in [-0.3, -0.25) is 9.78 Å². The van der Waals surface area contributed by atoms with Crippen LogP contribution in [0.5, 0.6) is 5.75 Å². The molecule has 0 fully saturated rings. The van der Waals surface area contributed by atoms with E-state index in [2.05, 4.69) is 32.5 Å². The Kier molecular flexibility index (Phi) is 4.30. The molecule has 4 aromatic rings. The summed E-state index contributed by atoms with van der Waals surface area (Å²) in [7, 11) is 1.66. The number of aromatic amines is 1. The summed E-state index contributed by atoms with van der Waals surface area (Å²) >= 11 is 0. The number of ether oxygens (including phenoxy) is 1. The van der Waals surface area contributed by atoms with Crippen molar-refractivity contribution < 1.29 is 4.74 Å². The smallest absolute Gasteiger partial charge is 0.263 e. The molecule has 2 aromatic carbocycles. The highest BCUT2D eigenvalue weighted by Crippen LogP contribution is 2.22. The monoisotopic (exact) mass is 377 g/mol. The highest BCUT2D eigenvalue weighted by atomic mass is 16.5. The van der Waals surface area contributed by atoms with Crippen LogP contribution in [0.15, 0.2) is 47.4 Å². The van der Waals surface area contributed by atoms with E-state index >= 15 is 0 Å². The lowest BCUT2D eigenvalue weighted by Crippen LogP contribution is -2.24. The normalized spacial score (nSPS) is 11.9. The van der Waals surface area contributed by atoms with E-state index in [1.165, 1.54) is 0 Å². The molecule has 2 N–H and O–H groups in total. The first-order valence-electron chi connectivity index (χ1n) is 9.14. The highest BCUT2D eigenvalue weighted by molar-refractivity contribution is 5.84. The average Bonchev–Trinajstić information content (AvgIpc) is 3.11. The minimum Gasteiger partial charge on any atom is -0.497 e. The molecule has 0 aliphatic carbocycles. The third-order valence-corrected chi connectivity index (χ3v) is 4.65. The number of aromatic nitrogens is 4. The van der Waals surface area contributed by atoms with E-state index in [0.29, 0.717) is 23.5 Å². The summed E-state index contributed by atoms with van der Waals surface area (Å²) in [5, 5.41) is 10.3. The maximum Gasteiger partial charge on any atom is 0.263 e. The number of benzene rings is 2. The van der Waals surface area contributed by atoms with Gasteiger partial charge in [-0.2, -0.15) is 10.1 Å². The summed E-state index contributed by atoms with van der Waals surface area (Å²) in [4.78, 5) is 19.8. The van der Waals surface area contributed by atoms with E-state index in [9.17, 15) is 4.79 Å². The molecule has 2 aromatic heterocycles. The van der Waals surface area contributed by atoms with Gasteiger partial charge in [0.05, 0.1) is 18.8 Å². The zero-order chi connectivity index (χ0) is 19.9. The minimum absolute atomic E-state index is 0.200. The summed E-state index contributed by atoms with van der Waals surface area (Å²) in [6.07, 6.45) is 1.56. The fourth-order valence-electron chi connectivity index (χ4n) is 3.19. The van der Waals surface area contributed by atoms with Crippen molar-refractivity contribution in [2.24, 2.45) is 0 Å². The fourth-order valence-corrected chi connectivity index (χ4v) is 3.19. The molecule has 2 heterocycles. The van der Waals surface area contributed by atoms with Crippen molar-refractivity contribution in [3.05, 3.63) is 58.5 Å². The van der Waals surface area contributed by atoms with Crippen LogP contribution in [0.4, 0.5) is 5.95 Å². The number of hydrogen-bond donors (Lipinski definition) is 2. The molecule has 7 heteroatoms. The molecule has 0 unspecified atom stereocenters. The molecule has 0 radical (unpaired) electrons. The summed E-state index contributed by atoms with van der Waals surface area (Å²) in [6, 6.07) is 12.2. The largest absolute Gasteiger partial charge is 0.497 e. The summed E-state index contributed by atoms with van der Waals surface area (Å²) < 4.78 is 7.04. The maximum atomic E-state index is 12.4. The average molecular weight is 377 g/mol. The third-order valence-electron chi connectivity index (χ3n) is 4.65. The van der Waals surface area contributed by atoms with Gasteiger partial charge in [-0.15, -0.1) is 0 Å². The van der Waals surface area contributed by atoms with E-state index in [4.69, 9.17) is 4.74 Å². The molecule has 0 saturated carbocycles. The predicted octanol–water partition coefficient (Wildman–Crippen LogP) is 3.65. The second-order valence-electron chi connectivity index (χ2n) is 7.78. The molecule has 0 spiro atoms. The van der Waals surface area contributed by atoms with Gasteiger partial charge >= 0.3 is 0 Å². The fraction of sp³-hybridized carbons (Fsp3) is 0.286. The van der Waals surface area contributed by atoms with Crippen LogP contribution in [-0.4, -0.2) is 26.9 Å². The zero-order valence-electron chi connectivity index (χ0n) is 16.4. The number of methoxy groups -OCH3 is 1. The summed E-state index contributed by atoms with van der Waals surface area (Å²) in [5.41, 5.74) is 1.20. The first kappa shape index (κ1) is 18.0. The van der Waals surface area contributed by atoms with Gasteiger partial charge < -0.3 is 10.1 Å². The van der Waals surface area contributed by atoms with Crippen LogP contribution in [-0.2, 0) is 12.1 Å². The number of rotatable bonds is 4. The molecule has 28 heavy (non-hydrogen) atoms. The maximum absolute atomic E-state index is 12.4. The van der Waals surface area contributed by atoms with E-state index in [1.54, 1.807) is 18.0 Å². The summed E-state index contributed by atoms with van der Waals surface area (Å²) in [6.45, 7) is 6.62. The quantitative estimate of drug-likeness (QED) is 0.567. The van der Waals surface area contributed by atoms with Crippen LogP contribution in [0.2, 0.25) is 0 Å². The van der Waals surface area contributed by atoms with Gasteiger partial charge in [0, 0.05) is 6.54 Å². The molecule has 0 amide bonds. The predicted molar refractivity (Wildman–Crippen MR) is 111 cm³/mol. The second kappa shape index (κ2) is 6.67. The Labute approximate surface area is 162 Å². The minimum atomic E-state index is -0.265. The third kappa shape index (κ3) is 3.31. The zero-order valence-corrected chi connectivity index (χ0v) is 16.4. The highest BCUT2D eigenvalue weighted by Gasteiger charge is 2.19. The molecule has 0 aliphatic heterocycles. The van der Waals surface area contributed by atoms with Crippen molar-refractivity contribution >= 4 is 27.8 Å². The molecule has 0 bridgehead atoms. The number of nitrogens with one attached hydrogen (secondary N) is 2. The topological polar surface area (TPSA) is 84.8 Å². The molecular formula is C21H23N5O2. The Hall–Kier alpha value is -3.35. The number of hydrogen-bond acceptors (Lipinski definition) is 5. The Morgan fingerprint density at radius 2 is 1.89 bits per heavy atom. The van der Waals surface area contributed by atoms with E-state index < -0.39 is 0 Å². The standard InChI is InChI=1S/C21H23N5O2/c1-21(2,3)26-18-17(12-23-26)19(27)25-20(24-18)22-11-13-5-6-15-10-16(28-4)8-7-14(15)9-13/h5-10,12H,11H2,1-4H3,(H2,22,24,25,27). The van der Waals surface area contributed by atoms with E-state index in [-0.39, 0.29) is 11.1 Å². The van der Waals surface area contributed by atoms with Crippen LogP contribution in [0.1, 0.15) is 26.3 Å². The van der Waals surface area contributed by atoms with Gasteiger partial charge in [0.25, 0.3) is 5.56 Å². The lowest BCUT2D eigenvalue weighted by atomic mass is 10.1. The second-order valence-corrected chi connectivity index (χ2v) is 7.78. The first-order valence-corrected chi connectivity index (χ1v) is 9.14. The van der Waals surface area contributed by atoms with Gasteiger partial charge in [0.15, 0.2) is 5.65 Å². The Balaban J connectivity index is 1.62. The SMILES string of the molecule is COc1ccc2cc(CNc3nc4c(cnn4C(C)(C)C)c(=O)[nH]3)ccc2c1. The van der Waals surface area contributed by atoms with Gasteiger partial charge in [-0.05, 0) is 55.3 Å². The van der Waals surface area contributed by atoms with Crippen molar-refractivity contribution in [2.45, 2.75) is 32.9 Å². The molecule has 4 rings (SSSR count). The van der Waals surface area contributed by atoms with Crippen molar-refractivity contribution in [3.8, 4) is 5.75 Å². The molecule has 0 atom stereocenters. The Bertz CT molecular complexity index is 1220. The molecule has 7 nitrogen and oxygen atoms in total. The Morgan fingerprint density at radius 3 is 2.64 bits per heavy atom. The van der Waals surface area contributed by atoms with Crippen LogP contribution in [0, 0.1) is 0 Å². The molecule has 144 valence electrons. The summed E-state index contributed by atoms with van der Waals surface area (Å²) in [5.74, 6) is 1.27. The number of nitrogens with zero attached hydrogens (tertiary/aromatic N) is 3. The van der Waals surface area contributed by atoms with Gasteiger partial charge in [0.2, 0.25) is 5.95 Å². The lowest BCUT2D eigenvalue weighted by Gasteiger charge is -2.19. The van der Waals surface area contributed by atoms with E-state index in [0.717, 1.165) is 22.1 Å². The van der Waals surface area contributed by atoms with Crippen molar-refractivity contribution in [2.75, 3.05) is 12.4 Å². The lowest BCUT2D eigenvalue weighted by molar-refractivity contribution is 0.366. The first-order chi connectivity index (χ1) is 13.3. The number of anilines is 1. The molecular weight excluding hydrogens is 354 g/mol. The van der Waals surface area contributed by atoms with Crippen molar-refractivity contribution in [1.82, 2.24) is 19.7 Å². The van der Waals surface area contributed by atoms with Crippen molar-refractivity contribution in [3.63, 3.8) is 0 Å². The van der Waals surface area contributed by atoms with Crippen LogP contribution < -0.4 is 15.6 Å². The van der Waals surface area contributed by atoms with Crippen LogP contribution in [0.25, 0.3) is 21.8 Å². The number of H-pyrrole nitrogens is 1. The van der Waals surface area contributed by atoms with Gasteiger partial charge in [0.1, 0.15) is 11.1 Å². The van der Waals surface area contributed by atoms with Crippen LogP contribution in [0.3, 0.4) is 0 Å². The molecule has 0 aliphatic rings. The van der Waals surface area contributed by atoms with Gasteiger partial charge in [-0.25, -0.2) is 4.68 Å². The van der Waals surface area contributed by atoms with Gasteiger partial charge in [-0.1, -0.05) is 18.2 Å². The Morgan fingerprint density at radius 1 is 1.14 bits per heavy atom. The molecule has 0 saturated heterocycles. The van der Waals surface area contributed by atoms with Crippen molar-refractivity contribution in [1.29, 1.82) is 0 Å². The van der Waals surface area contributed by atoms with E-state index in [1.807, 2.05) is 45.0 Å².